The summed E-state index contributed by atoms with van der Waals surface area (Å²) < 4.78 is 38.3. The number of nitrogens with one attached hydrogen (secondary N) is 1. The Bertz CT molecular complexity index is 409. The quantitative estimate of drug-likeness (QED) is 0.810. The number of benzene rings is 1. The van der Waals surface area contributed by atoms with Crippen molar-refractivity contribution < 1.29 is 18.3 Å². The first-order chi connectivity index (χ1) is 8.47. The lowest BCUT2D eigenvalue weighted by molar-refractivity contribution is -0.169. The van der Waals surface area contributed by atoms with Gasteiger partial charge in [0.25, 0.3) is 0 Å². The van der Waals surface area contributed by atoms with Crippen LogP contribution in [0.1, 0.15) is 0 Å². The summed E-state index contributed by atoms with van der Waals surface area (Å²) in [4.78, 5) is 1.65. The molecule has 1 unspecified atom stereocenters. The van der Waals surface area contributed by atoms with E-state index >= 15 is 0 Å². The second-order valence-corrected chi connectivity index (χ2v) is 4.41. The number of phenolic OH excluding ortho intramolecular Hbond substituents is 1. The number of hydrogen-bond donors (Lipinski definition) is 2. The van der Waals surface area contributed by atoms with Gasteiger partial charge in [0.2, 0.25) is 0 Å². The summed E-state index contributed by atoms with van der Waals surface area (Å²) in [5, 5.41) is 12.2. The first kappa shape index (κ1) is 13.0. The van der Waals surface area contributed by atoms with Crippen LogP contribution in [-0.2, 0) is 0 Å². The maximum atomic E-state index is 12.8. The molecule has 100 valence electrons. The summed E-state index contributed by atoms with van der Waals surface area (Å²) in [5.41, 5.74) is 0.618. The number of nitrogens with zero attached hydrogens (tertiary/aromatic N) is 1. The average molecular weight is 260 g/mol. The van der Waals surface area contributed by atoms with Crippen LogP contribution < -0.4 is 10.2 Å². The lowest BCUT2D eigenvalue weighted by Gasteiger charge is -2.27. The molecule has 0 aliphatic carbocycles. The summed E-state index contributed by atoms with van der Waals surface area (Å²) in [5.74, 6) is -1.32. The fourth-order valence-electron chi connectivity index (χ4n) is 2.06. The molecule has 6 heteroatoms. The van der Waals surface area contributed by atoms with Gasteiger partial charge in [-0.05, 0) is 12.1 Å². The Hall–Kier alpha value is -1.43. The molecule has 0 spiro atoms. The standard InChI is InChI=1S/C12H15F3N2O/c13-12(14,15)9-7-16-4-5-17(8-9)10-2-1-3-11(18)6-10/h1-3,6,9,16,18H,4-5,7-8H2. The number of alkyl halides is 3. The third-order valence-electron chi connectivity index (χ3n) is 3.05. The molecule has 1 aromatic carbocycles. The van der Waals surface area contributed by atoms with Gasteiger partial charge in [0.1, 0.15) is 5.75 Å². The Morgan fingerprint density at radius 1 is 1.33 bits per heavy atom. The normalized spacial score (nSPS) is 21.7. The Kier molecular flexibility index (Phi) is 3.65. The van der Waals surface area contributed by atoms with E-state index in [1.54, 1.807) is 17.0 Å². The molecule has 3 nitrogen and oxygen atoms in total. The van der Waals surface area contributed by atoms with Crippen molar-refractivity contribution >= 4 is 5.69 Å². The summed E-state index contributed by atoms with van der Waals surface area (Å²) in [6.07, 6.45) is -4.20. The van der Waals surface area contributed by atoms with Crippen molar-refractivity contribution in [3.63, 3.8) is 0 Å². The molecule has 1 aromatic rings. The SMILES string of the molecule is Oc1cccc(N2CCNCC(C(F)(F)F)C2)c1. The molecule has 0 amide bonds. The van der Waals surface area contributed by atoms with Crippen molar-refractivity contribution in [1.29, 1.82) is 0 Å². The number of hydrogen-bond acceptors (Lipinski definition) is 3. The zero-order valence-corrected chi connectivity index (χ0v) is 9.74. The van der Waals surface area contributed by atoms with Crippen LogP contribution in [0.15, 0.2) is 24.3 Å². The fourth-order valence-corrected chi connectivity index (χ4v) is 2.06. The third-order valence-corrected chi connectivity index (χ3v) is 3.05. The minimum atomic E-state index is -4.20. The summed E-state index contributed by atoms with van der Waals surface area (Å²) in [6.45, 7) is 0.858. The van der Waals surface area contributed by atoms with E-state index in [1.165, 1.54) is 12.1 Å². The van der Waals surface area contributed by atoms with E-state index in [9.17, 15) is 18.3 Å². The molecule has 1 aliphatic rings. The van der Waals surface area contributed by atoms with Crippen LogP contribution >= 0.6 is 0 Å². The number of anilines is 1. The molecule has 0 radical (unpaired) electrons. The second-order valence-electron chi connectivity index (χ2n) is 4.41. The molecular formula is C12H15F3N2O. The summed E-state index contributed by atoms with van der Waals surface area (Å²) in [6, 6.07) is 6.32. The van der Waals surface area contributed by atoms with Crippen molar-refractivity contribution in [2.75, 3.05) is 31.1 Å². The van der Waals surface area contributed by atoms with Crippen LogP contribution in [-0.4, -0.2) is 37.5 Å². The first-order valence-electron chi connectivity index (χ1n) is 5.78. The minimum Gasteiger partial charge on any atom is -0.508 e. The van der Waals surface area contributed by atoms with E-state index in [0.717, 1.165) is 0 Å². The molecule has 1 atom stereocenters. The van der Waals surface area contributed by atoms with Crippen LogP contribution in [0.5, 0.6) is 5.75 Å². The zero-order chi connectivity index (χ0) is 13.2. The zero-order valence-electron chi connectivity index (χ0n) is 9.74. The van der Waals surface area contributed by atoms with Gasteiger partial charge in [0.15, 0.2) is 0 Å². The molecule has 1 heterocycles. The van der Waals surface area contributed by atoms with Gasteiger partial charge >= 0.3 is 6.18 Å². The van der Waals surface area contributed by atoms with E-state index in [0.29, 0.717) is 18.8 Å². The van der Waals surface area contributed by atoms with Crippen molar-refractivity contribution in [3.05, 3.63) is 24.3 Å². The van der Waals surface area contributed by atoms with Crippen molar-refractivity contribution in [1.82, 2.24) is 5.32 Å². The van der Waals surface area contributed by atoms with Gasteiger partial charge in [-0.15, -0.1) is 0 Å². The average Bonchev–Trinajstić information content (AvgIpc) is 2.53. The lowest BCUT2D eigenvalue weighted by Crippen LogP contribution is -2.38. The van der Waals surface area contributed by atoms with Crippen molar-refractivity contribution in [2.24, 2.45) is 5.92 Å². The van der Waals surface area contributed by atoms with Gasteiger partial charge in [-0.3, -0.25) is 0 Å². The predicted molar refractivity (Wildman–Crippen MR) is 62.7 cm³/mol. The number of halogens is 3. The van der Waals surface area contributed by atoms with Crippen LogP contribution in [0.3, 0.4) is 0 Å². The summed E-state index contributed by atoms with van der Waals surface area (Å²) >= 11 is 0. The Morgan fingerprint density at radius 3 is 2.78 bits per heavy atom. The fraction of sp³-hybridized carbons (Fsp3) is 0.500. The van der Waals surface area contributed by atoms with Crippen molar-refractivity contribution in [3.8, 4) is 5.75 Å². The Balaban J connectivity index is 2.17. The largest absolute Gasteiger partial charge is 0.508 e. The lowest BCUT2D eigenvalue weighted by atomic mass is 10.1. The van der Waals surface area contributed by atoms with Crippen LogP contribution in [0.4, 0.5) is 18.9 Å². The Morgan fingerprint density at radius 2 is 2.11 bits per heavy atom. The van der Waals surface area contributed by atoms with E-state index in [4.69, 9.17) is 0 Å². The molecule has 0 saturated carbocycles. The van der Waals surface area contributed by atoms with E-state index in [-0.39, 0.29) is 18.8 Å². The highest BCUT2D eigenvalue weighted by molar-refractivity contribution is 5.50. The van der Waals surface area contributed by atoms with Gasteiger partial charge in [-0.25, -0.2) is 0 Å². The number of phenols is 1. The molecular weight excluding hydrogens is 245 g/mol. The van der Waals surface area contributed by atoms with Gasteiger partial charge in [0, 0.05) is 37.9 Å². The maximum Gasteiger partial charge on any atom is 0.394 e. The topological polar surface area (TPSA) is 35.5 Å². The number of aromatic hydroxyl groups is 1. The van der Waals surface area contributed by atoms with Gasteiger partial charge in [-0.1, -0.05) is 6.07 Å². The van der Waals surface area contributed by atoms with Gasteiger partial charge in [-0.2, -0.15) is 13.2 Å². The highest BCUT2D eigenvalue weighted by Crippen LogP contribution is 2.29. The van der Waals surface area contributed by atoms with E-state index in [2.05, 4.69) is 5.32 Å². The third kappa shape index (κ3) is 3.07. The summed E-state index contributed by atoms with van der Waals surface area (Å²) in [7, 11) is 0. The predicted octanol–water partition coefficient (Wildman–Crippen LogP) is 1.98. The number of rotatable bonds is 1. The molecule has 1 saturated heterocycles. The van der Waals surface area contributed by atoms with Crippen molar-refractivity contribution in [2.45, 2.75) is 6.18 Å². The highest BCUT2D eigenvalue weighted by atomic mass is 19.4. The van der Waals surface area contributed by atoms with Gasteiger partial charge < -0.3 is 15.3 Å². The van der Waals surface area contributed by atoms with Crippen LogP contribution in [0.2, 0.25) is 0 Å². The molecule has 1 fully saturated rings. The van der Waals surface area contributed by atoms with Crippen LogP contribution in [0, 0.1) is 5.92 Å². The molecule has 2 N–H and O–H groups in total. The molecule has 18 heavy (non-hydrogen) atoms. The maximum absolute atomic E-state index is 12.8. The second kappa shape index (κ2) is 5.06. The molecule has 0 aromatic heterocycles. The first-order valence-corrected chi connectivity index (χ1v) is 5.78. The minimum absolute atomic E-state index is 0.0567. The Labute approximate surface area is 103 Å². The van der Waals surface area contributed by atoms with Crippen LogP contribution in [0.25, 0.3) is 0 Å². The van der Waals surface area contributed by atoms with Gasteiger partial charge in [0.05, 0.1) is 5.92 Å². The highest BCUT2D eigenvalue weighted by Gasteiger charge is 2.41. The molecule has 2 rings (SSSR count). The van der Waals surface area contributed by atoms with E-state index in [1.807, 2.05) is 0 Å². The molecule has 1 aliphatic heterocycles. The smallest absolute Gasteiger partial charge is 0.394 e. The monoisotopic (exact) mass is 260 g/mol. The van der Waals surface area contributed by atoms with E-state index < -0.39 is 12.1 Å². The molecule has 0 bridgehead atoms.